The zero-order chi connectivity index (χ0) is 22.3. The van der Waals surface area contributed by atoms with Gasteiger partial charge >= 0.3 is 0 Å². The van der Waals surface area contributed by atoms with Gasteiger partial charge in [-0.3, -0.25) is 14.6 Å². The molecule has 0 spiro atoms. The highest BCUT2D eigenvalue weighted by atomic mass is 16.3. The molecule has 0 radical (unpaired) electrons. The first-order valence-corrected chi connectivity index (χ1v) is 10.4. The van der Waals surface area contributed by atoms with Crippen LogP contribution >= 0.6 is 0 Å². The average molecular weight is 418 g/mol. The Bertz CT molecular complexity index is 1180. The van der Waals surface area contributed by atoms with Crippen molar-refractivity contribution in [3.05, 3.63) is 69.9 Å². The molecule has 1 aliphatic heterocycles. The summed E-state index contributed by atoms with van der Waals surface area (Å²) in [6, 6.07) is 10.4. The number of carbonyl (C=O) groups excluding carboxylic acids is 2. The number of amides is 2. The molecule has 1 aliphatic rings. The Labute approximate surface area is 182 Å². The van der Waals surface area contributed by atoms with E-state index in [1.54, 1.807) is 37.1 Å². The van der Waals surface area contributed by atoms with Gasteiger partial charge in [-0.15, -0.1) is 0 Å². The number of phenols is 1. The van der Waals surface area contributed by atoms with Crippen LogP contribution in [0.1, 0.15) is 44.6 Å². The normalized spacial score (nSPS) is 13.0. The van der Waals surface area contributed by atoms with Gasteiger partial charge in [0.15, 0.2) is 5.75 Å². The minimum absolute atomic E-state index is 0.0245. The minimum Gasteiger partial charge on any atom is -0.505 e. The molecule has 0 unspecified atom stereocenters. The van der Waals surface area contributed by atoms with Crippen LogP contribution in [0.2, 0.25) is 0 Å². The molecule has 160 valence electrons. The number of aryl methyl sites for hydroxylation is 2. The number of hydrogen-bond donors (Lipinski definition) is 1. The van der Waals surface area contributed by atoms with Gasteiger partial charge in [0, 0.05) is 45.7 Å². The number of aromatic hydroxyl groups is 1. The molecule has 0 saturated carbocycles. The summed E-state index contributed by atoms with van der Waals surface area (Å²) in [6.45, 7) is 2.48. The van der Waals surface area contributed by atoms with E-state index in [4.69, 9.17) is 0 Å². The van der Waals surface area contributed by atoms with Crippen LogP contribution in [-0.4, -0.2) is 52.8 Å². The second-order valence-electron chi connectivity index (χ2n) is 8.53. The summed E-state index contributed by atoms with van der Waals surface area (Å²) in [7, 11) is 5.19. The van der Waals surface area contributed by atoms with Crippen LogP contribution in [0.3, 0.4) is 0 Å². The Morgan fingerprint density at radius 1 is 1.19 bits per heavy atom. The lowest BCUT2D eigenvalue weighted by Crippen LogP contribution is -2.22. The molecule has 0 atom stereocenters. The first-order valence-electron chi connectivity index (χ1n) is 10.4. The average Bonchev–Trinajstić information content (AvgIpc) is 3.04. The van der Waals surface area contributed by atoms with Gasteiger partial charge in [0.25, 0.3) is 5.91 Å². The van der Waals surface area contributed by atoms with Crippen LogP contribution in [-0.2, 0) is 24.2 Å². The molecule has 0 aliphatic carbocycles. The standard InChI is InChI=1S/C25H27N3O3/c1-15-5-7-16(8-6-15)11-17-12-19-18(9-10-21(29)27(2)3)20-14-28(4)25(31)22(20)24(30)23(19)26-13-17/h5-8,12-13,30H,9-11,14H2,1-4H3. The lowest BCUT2D eigenvalue weighted by atomic mass is 9.92. The Morgan fingerprint density at radius 3 is 2.58 bits per heavy atom. The topological polar surface area (TPSA) is 73.7 Å². The van der Waals surface area contributed by atoms with Crippen LogP contribution in [0, 0.1) is 6.92 Å². The van der Waals surface area contributed by atoms with Gasteiger partial charge in [0.1, 0.15) is 5.52 Å². The van der Waals surface area contributed by atoms with Crippen molar-refractivity contribution in [2.24, 2.45) is 0 Å². The summed E-state index contributed by atoms with van der Waals surface area (Å²) >= 11 is 0. The molecule has 0 saturated heterocycles. The van der Waals surface area contributed by atoms with Crippen molar-refractivity contribution in [3.63, 3.8) is 0 Å². The third kappa shape index (κ3) is 3.85. The van der Waals surface area contributed by atoms with Gasteiger partial charge in [-0.2, -0.15) is 0 Å². The molecule has 2 amide bonds. The Balaban J connectivity index is 1.82. The minimum atomic E-state index is -0.208. The molecule has 6 heteroatoms. The fraction of sp³-hybridized carbons (Fsp3) is 0.320. The van der Waals surface area contributed by atoms with Crippen LogP contribution < -0.4 is 0 Å². The highest BCUT2D eigenvalue weighted by molar-refractivity contribution is 6.07. The van der Waals surface area contributed by atoms with Crippen LogP contribution in [0.15, 0.2) is 36.5 Å². The number of rotatable bonds is 5. The summed E-state index contributed by atoms with van der Waals surface area (Å²) in [5.41, 5.74) is 5.88. The van der Waals surface area contributed by atoms with Crippen molar-refractivity contribution in [3.8, 4) is 5.75 Å². The zero-order valence-corrected chi connectivity index (χ0v) is 18.4. The Hall–Kier alpha value is -3.41. The summed E-state index contributed by atoms with van der Waals surface area (Å²) < 4.78 is 0. The van der Waals surface area contributed by atoms with Gasteiger partial charge in [0.2, 0.25) is 5.91 Å². The van der Waals surface area contributed by atoms with Gasteiger partial charge in [-0.05, 0) is 48.1 Å². The summed E-state index contributed by atoms with van der Waals surface area (Å²) in [6.07, 6.45) is 3.30. The summed E-state index contributed by atoms with van der Waals surface area (Å²) in [5, 5.41) is 11.7. The molecule has 1 aromatic heterocycles. The third-order valence-corrected chi connectivity index (χ3v) is 5.97. The van der Waals surface area contributed by atoms with Gasteiger partial charge in [-0.25, -0.2) is 0 Å². The smallest absolute Gasteiger partial charge is 0.258 e. The largest absolute Gasteiger partial charge is 0.505 e. The lowest BCUT2D eigenvalue weighted by Gasteiger charge is -2.16. The molecule has 31 heavy (non-hydrogen) atoms. The van der Waals surface area contributed by atoms with Crippen molar-refractivity contribution in [2.75, 3.05) is 21.1 Å². The van der Waals surface area contributed by atoms with Crippen molar-refractivity contribution in [1.82, 2.24) is 14.8 Å². The maximum atomic E-state index is 12.7. The van der Waals surface area contributed by atoms with Crippen LogP contribution in [0.4, 0.5) is 0 Å². The molecule has 2 heterocycles. The maximum absolute atomic E-state index is 12.7. The van der Waals surface area contributed by atoms with E-state index in [9.17, 15) is 14.7 Å². The number of pyridine rings is 1. The number of nitrogens with zero attached hydrogens (tertiary/aromatic N) is 3. The molecule has 0 fully saturated rings. The van der Waals surface area contributed by atoms with E-state index in [0.29, 0.717) is 30.5 Å². The highest BCUT2D eigenvalue weighted by Gasteiger charge is 2.33. The van der Waals surface area contributed by atoms with Crippen molar-refractivity contribution >= 4 is 22.7 Å². The van der Waals surface area contributed by atoms with Gasteiger partial charge < -0.3 is 14.9 Å². The maximum Gasteiger partial charge on any atom is 0.258 e. The molecule has 6 nitrogen and oxygen atoms in total. The lowest BCUT2D eigenvalue weighted by molar-refractivity contribution is -0.128. The number of carbonyl (C=O) groups is 2. The van der Waals surface area contributed by atoms with E-state index >= 15 is 0 Å². The van der Waals surface area contributed by atoms with Gasteiger partial charge in [-0.1, -0.05) is 29.8 Å². The first-order chi connectivity index (χ1) is 14.8. The quantitative estimate of drug-likeness (QED) is 0.690. The van der Waals surface area contributed by atoms with Crippen LogP contribution in [0.25, 0.3) is 10.9 Å². The molecule has 3 aromatic rings. The number of benzene rings is 2. The van der Waals surface area contributed by atoms with Crippen molar-refractivity contribution < 1.29 is 14.7 Å². The predicted molar refractivity (Wildman–Crippen MR) is 120 cm³/mol. The van der Waals surface area contributed by atoms with Gasteiger partial charge in [0.05, 0.1) is 5.56 Å². The number of phenolic OH excluding ortho intramolecular Hbond substituents is 1. The van der Waals surface area contributed by atoms with E-state index < -0.39 is 0 Å². The highest BCUT2D eigenvalue weighted by Crippen LogP contribution is 2.40. The fourth-order valence-corrected chi connectivity index (χ4v) is 4.19. The molecule has 2 aromatic carbocycles. The number of fused-ring (bicyclic) bond motifs is 2. The number of hydrogen-bond acceptors (Lipinski definition) is 4. The van der Waals surface area contributed by atoms with Crippen LogP contribution in [0.5, 0.6) is 5.75 Å². The molecule has 1 N–H and O–H groups in total. The zero-order valence-electron chi connectivity index (χ0n) is 18.4. The summed E-state index contributed by atoms with van der Waals surface area (Å²) in [5.74, 6) is -0.250. The predicted octanol–water partition coefficient (Wildman–Crippen LogP) is 3.45. The third-order valence-electron chi connectivity index (χ3n) is 5.97. The monoisotopic (exact) mass is 417 g/mol. The SMILES string of the molecule is Cc1ccc(Cc2cnc3c(O)c4c(c(CCC(=O)N(C)C)c3c2)CN(C)C4=O)cc1. The second-order valence-corrected chi connectivity index (χ2v) is 8.53. The van der Waals surface area contributed by atoms with E-state index in [-0.39, 0.29) is 17.6 Å². The Kier molecular flexibility index (Phi) is 5.39. The summed E-state index contributed by atoms with van der Waals surface area (Å²) in [4.78, 5) is 32.6. The van der Waals surface area contributed by atoms with E-state index in [2.05, 4.69) is 36.2 Å². The van der Waals surface area contributed by atoms with Crippen molar-refractivity contribution in [1.29, 1.82) is 0 Å². The first kappa shape index (κ1) is 20.8. The fourth-order valence-electron chi connectivity index (χ4n) is 4.19. The van der Waals surface area contributed by atoms with E-state index in [0.717, 1.165) is 28.5 Å². The molecule has 4 rings (SSSR count). The molecule has 0 bridgehead atoms. The molecular weight excluding hydrogens is 390 g/mol. The Morgan fingerprint density at radius 2 is 1.90 bits per heavy atom. The second kappa shape index (κ2) is 8.02. The number of aromatic nitrogens is 1. The van der Waals surface area contributed by atoms with Crippen molar-refractivity contribution in [2.45, 2.75) is 32.7 Å². The molecular formula is C25H27N3O3. The van der Waals surface area contributed by atoms with E-state index in [1.807, 2.05) is 6.07 Å². The van der Waals surface area contributed by atoms with E-state index in [1.165, 1.54) is 11.1 Å².